The van der Waals surface area contributed by atoms with Gasteiger partial charge in [0.25, 0.3) is 0 Å². The normalized spacial score (nSPS) is 10.0. The second kappa shape index (κ2) is 8.33. The van der Waals surface area contributed by atoms with E-state index >= 15 is 0 Å². The lowest BCUT2D eigenvalue weighted by molar-refractivity contribution is 0.196. The fourth-order valence-corrected chi connectivity index (χ4v) is 1.90. The van der Waals surface area contributed by atoms with Crippen LogP contribution in [-0.2, 0) is 4.74 Å². The molecule has 1 rings (SSSR count). The number of hydrogen-bond donors (Lipinski definition) is 2. The van der Waals surface area contributed by atoms with Gasteiger partial charge in [-0.15, -0.1) is 11.8 Å². The average Bonchev–Trinajstić information content (AvgIpc) is 2.36. The molecule has 1 aromatic rings. The average molecular weight is 270 g/mol. The van der Waals surface area contributed by atoms with Gasteiger partial charge in [0.05, 0.1) is 0 Å². The van der Waals surface area contributed by atoms with Crippen molar-refractivity contribution in [3.05, 3.63) is 24.3 Å². The molecule has 2 N–H and O–H groups in total. The second-order valence-corrected chi connectivity index (χ2v) is 4.74. The van der Waals surface area contributed by atoms with E-state index in [-0.39, 0.29) is 0 Å². The standard InChI is InChI=1S/C12H18N2OS2/c1-15-9-3-8-13-12(16)14-10-4-6-11(17-2)7-5-10/h4-7H,3,8-9H2,1-2H3,(H2,13,14,16). The van der Waals surface area contributed by atoms with Crippen LogP contribution in [-0.4, -0.2) is 31.6 Å². The van der Waals surface area contributed by atoms with Crippen molar-refractivity contribution >= 4 is 34.8 Å². The predicted octanol–water partition coefficient (Wildman–Crippen LogP) is 2.73. The van der Waals surface area contributed by atoms with Gasteiger partial charge in [0, 0.05) is 30.8 Å². The second-order valence-electron chi connectivity index (χ2n) is 3.46. The van der Waals surface area contributed by atoms with Crippen LogP contribution in [0.15, 0.2) is 29.2 Å². The molecule has 3 nitrogen and oxygen atoms in total. The Balaban J connectivity index is 2.29. The summed E-state index contributed by atoms with van der Waals surface area (Å²) in [6.45, 7) is 1.57. The number of thiocarbonyl (C=S) groups is 1. The van der Waals surface area contributed by atoms with Crippen molar-refractivity contribution in [2.24, 2.45) is 0 Å². The highest BCUT2D eigenvalue weighted by Crippen LogP contribution is 2.17. The Morgan fingerprint density at radius 2 is 2.06 bits per heavy atom. The topological polar surface area (TPSA) is 33.3 Å². The van der Waals surface area contributed by atoms with E-state index in [1.54, 1.807) is 18.9 Å². The Kier molecular flexibility index (Phi) is 7.00. The summed E-state index contributed by atoms with van der Waals surface area (Å²) in [6.07, 6.45) is 3.01. The molecule has 0 aliphatic heterocycles. The minimum atomic E-state index is 0.651. The highest BCUT2D eigenvalue weighted by molar-refractivity contribution is 7.98. The maximum absolute atomic E-state index is 5.18. The lowest BCUT2D eigenvalue weighted by Crippen LogP contribution is -2.29. The maximum Gasteiger partial charge on any atom is 0.170 e. The molecule has 0 aliphatic carbocycles. The van der Waals surface area contributed by atoms with Gasteiger partial charge < -0.3 is 15.4 Å². The molecule has 0 spiro atoms. The number of anilines is 1. The summed E-state index contributed by atoms with van der Waals surface area (Å²) in [5.41, 5.74) is 1.01. The van der Waals surface area contributed by atoms with Crippen molar-refractivity contribution in [2.45, 2.75) is 11.3 Å². The van der Waals surface area contributed by atoms with Gasteiger partial charge in [-0.05, 0) is 49.2 Å². The smallest absolute Gasteiger partial charge is 0.170 e. The zero-order valence-corrected chi connectivity index (χ0v) is 11.8. The third-order valence-corrected chi connectivity index (χ3v) is 3.15. The highest BCUT2D eigenvalue weighted by atomic mass is 32.2. The van der Waals surface area contributed by atoms with E-state index in [0.717, 1.165) is 25.3 Å². The van der Waals surface area contributed by atoms with Crippen LogP contribution in [0, 0.1) is 0 Å². The number of ether oxygens (including phenoxy) is 1. The Labute approximate surface area is 112 Å². The molecule has 1 aromatic carbocycles. The molecule has 0 aromatic heterocycles. The number of thioether (sulfide) groups is 1. The van der Waals surface area contributed by atoms with Crippen molar-refractivity contribution < 1.29 is 4.74 Å². The molecule has 0 bridgehead atoms. The Bertz CT molecular complexity index is 341. The minimum absolute atomic E-state index is 0.651. The molecule has 17 heavy (non-hydrogen) atoms. The van der Waals surface area contributed by atoms with Crippen molar-refractivity contribution in [3.63, 3.8) is 0 Å². The van der Waals surface area contributed by atoms with E-state index < -0.39 is 0 Å². The summed E-state index contributed by atoms with van der Waals surface area (Å²) >= 11 is 6.90. The molecule has 0 aliphatic rings. The maximum atomic E-state index is 5.18. The summed E-state index contributed by atoms with van der Waals surface area (Å²) in [5, 5.41) is 6.92. The molecule has 0 saturated carbocycles. The first-order chi connectivity index (χ1) is 8.26. The van der Waals surface area contributed by atoms with Crippen LogP contribution in [0.25, 0.3) is 0 Å². The molecule has 94 valence electrons. The van der Waals surface area contributed by atoms with Gasteiger partial charge >= 0.3 is 0 Å². The molecule has 5 heteroatoms. The van der Waals surface area contributed by atoms with Crippen molar-refractivity contribution in [2.75, 3.05) is 31.8 Å². The molecule has 0 heterocycles. The van der Waals surface area contributed by atoms with Crippen LogP contribution in [0.5, 0.6) is 0 Å². The largest absolute Gasteiger partial charge is 0.385 e. The molecule has 0 unspecified atom stereocenters. The molecule has 0 radical (unpaired) electrons. The number of rotatable bonds is 6. The predicted molar refractivity (Wildman–Crippen MR) is 78.9 cm³/mol. The SMILES string of the molecule is COCCCNC(=S)Nc1ccc(SC)cc1. The summed E-state index contributed by atoms with van der Waals surface area (Å²) in [5.74, 6) is 0. The molecule has 0 fully saturated rings. The molecule has 0 amide bonds. The van der Waals surface area contributed by atoms with E-state index in [1.165, 1.54) is 4.90 Å². The highest BCUT2D eigenvalue weighted by Gasteiger charge is 1.97. The van der Waals surface area contributed by atoms with Crippen LogP contribution in [0.4, 0.5) is 5.69 Å². The van der Waals surface area contributed by atoms with Crippen LogP contribution in [0.3, 0.4) is 0 Å². The first-order valence-corrected chi connectivity index (χ1v) is 7.07. The van der Waals surface area contributed by atoms with Crippen LogP contribution in [0.2, 0.25) is 0 Å². The Hall–Kier alpha value is -0.780. The zero-order valence-electron chi connectivity index (χ0n) is 10.2. The molecular formula is C12H18N2OS2. The Morgan fingerprint density at radius 3 is 2.65 bits per heavy atom. The van der Waals surface area contributed by atoms with Gasteiger partial charge in [0.1, 0.15) is 0 Å². The number of nitrogens with one attached hydrogen (secondary N) is 2. The summed E-state index contributed by atoms with van der Waals surface area (Å²) in [4.78, 5) is 1.24. The Morgan fingerprint density at radius 1 is 1.35 bits per heavy atom. The van der Waals surface area contributed by atoms with Gasteiger partial charge in [-0.25, -0.2) is 0 Å². The zero-order chi connectivity index (χ0) is 12.5. The summed E-state index contributed by atoms with van der Waals surface area (Å²) in [7, 11) is 1.70. The summed E-state index contributed by atoms with van der Waals surface area (Å²) < 4.78 is 4.96. The van der Waals surface area contributed by atoms with Crippen LogP contribution < -0.4 is 10.6 Å². The minimum Gasteiger partial charge on any atom is -0.385 e. The number of hydrogen-bond acceptors (Lipinski definition) is 3. The van der Waals surface area contributed by atoms with Crippen molar-refractivity contribution in [1.29, 1.82) is 0 Å². The van der Waals surface area contributed by atoms with E-state index in [1.807, 2.05) is 12.1 Å². The lowest BCUT2D eigenvalue weighted by Gasteiger charge is -2.10. The van der Waals surface area contributed by atoms with Gasteiger partial charge in [0.15, 0.2) is 5.11 Å². The van der Waals surface area contributed by atoms with E-state index in [0.29, 0.717) is 5.11 Å². The fourth-order valence-electron chi connectivity index (χ4n) is 1.27. The van der Waals surface area contributed by atoms with Crippen LogP contribution >= 0.6 is 24.0 Å². The third-order valence-electron chi connectivity index (χ3n) is 2.16. The van der Waals surface area contributed by atoms with Gasteiger partial charge in [-0.1, -0.05) is 0 Å². The van der Waals surface area contributed by atoms with Crippen molar-refractivity contribution in [1.82, 2.24) is 5.32 Å². The monoisotopic (exact) mass is 270 g/mol. The van der Waals surface area contributed by atoms with E-state index in [9.17, 15) is 0 Å². The lowest BCUT2D eigenvalue weighted by atomic mass is 10.3. The van der Waals surface area contributed by atoms with Crippen LogP contribution in [0.1, 0.15) is 6.42 Å². The van der Waals surface area contributed by atoms with Gasteiger partial charge in [0.2, 0.25) is 0 Å². The first kappa shape index (κ1) is 14.3. The van der Waals surface area contributed by atoms with Crippen molar-refractivity contribution in [3.8, 4) is 0 Å². The first-order valence-electron chi connectivity index (χ1n) is 5.44. The third kappa shape index (κ3) is 5.91. The van der Waals surface area contributed by atoms with E-state index in [2.05, 4.69) is 29.0 Å². The molecule has 0 atom stereocenters. The van der Waals surface area contributed by atoms with Gasteiger partial charge in [-0.2, -0.15) is 0 Å². The van der Waals surface area contributed by atoms with E-state index in [4.69, 9.17) is 17.0 Å². The molecule has 0 saturated heterocycles. The number of methoxy groups -OCH3 is 1. The molecular weight excluding hydrogens is 252 g/mol. The fraction of sp³-hybridized carbons (Fsp3) is 0.417. The summed E-state index contributed by atoms with van der Waals surface area (Å²) in [6, 6.07) is 8.19. The van der Waals surface area contributed by atoms with Gasteiger partial charge in [-0.3, -0.25) is 0 Å². The number of benzene rings is 1. The quantitative estimate of drug-likeness (QED) is 0.472.